The molecule has 4 heteroatoms. The van der Waals surface area contributed by atoms with Crippen molar-refractivity contribution < 1.29 is 19.1 Å². The Bertz CT molecular complexity index is 527. The summed E-state index contributed by atoms with van der Waals surface area (Å²) in [5, 5.41) is 10.5. The largest absolute Gasteiger partial charge is 0.467 e. The molecular formula is C12H12O4. The van der Waals surface area contributed by atoms with Crippen LogP contribution in [-0.4, -0.2) is 18.2 Å². The van der Waals surface area contributed by atoms with Gasteiger partial charge in [0.2, 0.25) is 0 Å². The second-order valence-electron chi connectivity index (χ2n) is 3.58. The SMILES string of the molecule is COC(=O)C(O)c1ccc2oc(C)cc2c1. The zero-order valence-electron chi connectivity index (χ0n) is 9.06. The van der Waals surface area contributed by atoms with Gasteiger partial charge >= 0.3 is 5.97 Å². The first-order chi connectivity index (χ1) is 7.61. The van der Waals surface area contributed by atoms with Crippen molar-refractivity contribution in [3.05, 3.63) is 35.6 Å². The van der Waals surface area contributed by atoms with Crippen LogP contribution in [0.25, 0.3) is 11.0 Å². The quantitative estimate of drug-likeness (QED) is 0.786. The first-order valence-corrected chi connectivity index (χ1v) is 4.88. The number of benzene rings is 1. The van der Waals surface area contributed by atoms with Crippen molar-refractivity contribution in [3.8, 4) is 0 Å². The van der Waals surface area contributed by atoms with Gasteiger partial charge in [0.25, 0.3) is 0 Å². The zero-order valence-corrected chi connectivity index (χ0v) is 9.06. The number of methoxy groups -OCH3 is 1. The number of aryl methyl sites for hydroxylation is 1. The standard InChI is InChI=1S/C12H12O4/c1-7-5-9-6-8(3-4-10(9)16-7)11(13)12(14)15-2/h3-6,11,13H,1-2H3. The molecule has 1 heterocycles. The fourth-order valence-electron chi connectivity index (χ4n) is 1.61. The Hall–Kier alpha value is -1.81. The smallest absolute Gasteiger partial charge is 0.339 e. The van der Waals surface area contributed by atoms with Gasteiger partial charge in [0.1, 0.15) is 11.3 Å². The van der Waals surface area contributed by atoms with Gasteiger partial charge in [0.15, 0.2) is 6.10 Å². The van der Waals surface area contributed by atoms with E-state index in [1.807, 2.05) is 13.0 Å². The molecule has 2 rings (SSSR count). The Morgan fingerprint density at radius 3 is 2.88 bits per heavy atom. The van der Waals surface area contributed by atoms with E-state index in [0.29, 0.717) is 5.56 Å². The average molecular weight is 220 g/mol. The molecule has 0 radical (unpaired) electrons. The van der Waals surface area contributed by atoms with Crippen LogP contribution in [0.1, 0.15) is 17.4 Å². The van der Waals surface area contributed by atoms with Crippen molar-refractivity contribution in [3.63, 3.8) is 0 Å². The number of rotatable bonds is 2. The maximum Gasteiger partial charge on any atom is 0.339 e. The Balaban J connectivity index is 2.42. The number of hydrogen-bond acceptors (Lipinski definition) is 4. The van der Waals surface area contributed by atoms with Crippen LogP contribution in [0.15, 0.2) is 28.7 Å². The van der Waals surface area contributed by atoms with Crippen LogP contribution in [0.3, 0.4) is 0 Å². The molecule has 1 N–H and O–H groups in total. The van der Waals surface area contributed by atoms with Crippen molar-refractivity contribution >= 4 is 16.9 Å². The van der Waals surface area contributed by atoms with Crippen molar-refractivity contribution in [2.45, 2.75) is 13.0 Å². The molecule has 1 aromatic heterocycles. The van der Waals surface area contributed by atoms with Crippen LogP contribution in [0.4, 0.5) is 0 Å². The van der Waals surface area contributed by atoms with Crippen molar-refractivity contribution in [2.75, 3.05) is 7.11 Å². The van der Waals surface area contributed by atoms with E-state index in [2.05, 4.69) is 4.74 Å². The minimum Gasteiger partial charge on any atom is -0.467 e. The predicted octanol–water partition coefficient (Wildman–Crippen LogP) is 1.95. The van der Waals surface area contributed by atoms with E-state index >= 15 is 0 Å². The lowest BCUT2D eigenvalue weighted by atomic mass is 10.1. The molecule has 4 nitrogen and oxygen atoms in total. The van der Waals surface area contributed by atoms with E-state index in [9.17, 15) is 9.90 Å². The number of hydrogen-bond donors (Lipinski definition) is 1. The van der Waals surface area contributed by atoms with Gasteiger partial charge in [0.05, 0.1) is 7.11 Å². The van der Waals surface area contributed by atoms with E-state index in [4.69, 9.17) is 4.42 Å². The van der Waals surface area contributed by atoms with E-state index in [-0.39, 0.29) is 0 Å². The molecule has 1 aromatic carbocycles. The molecule has 0 amide bonds. The van der Waals surface area contributed by atoms with Crippen LogP contribution >= 0.6 is 0 Å². The van der Waals surface area contributed by atoms with Gasteiger partial charge in [-0.2, -0.15) is 0 Å². The fraction of sp³-hybridized carbons (Fsp3) is 0.250. The molecule has 0 aliphatic rings. The Kier molecular flexibility index (Phi) is 2.66. The number of carbonyl (C=O) groups excluding carboxylic acids is 1. The van der Waals surface area contributed by atoms with Crippen molar-refractivity contribution in [1.29, 1.82) is 0 Å². The highest BCUT2D eigenvalue weighted by Gasteiger charge is 2.18. The zero-order chi connectivity index (χ0) is 11.7. The van der Waals surface area contributed by atoms with Crippen LogP contribution in [0.5, 0.6) is 0 Å². The fourth-order valence-corrected chi connectivity index (χ4v) is 1.61. The Morgan fingerprint density at radius 1 is 1.44 bits per heavy atom. The molecule has 0 aliphatic heterocycles. The molecule has 1 unspecified atom stereocenters. The summed E-state index contributed by atoms with van der Waals surface area (Å²) >= 11 is 0. The van der Waals surface area contributed by atoms with Gasteiger partial charge < -0.3 is 14.3 Å². The number of ether oxygens (including phenoxy) is 1. The topological polar surface area (TPSA) is 59.7 Å². The molecule has 0 aliphatic carbocycles. The minimum atomic E-state index is -1.25. The lowest BCUT2D eigenvalue weighted by Gasteiger charge is -2.07. The van der Waals surface area contributed by atoms with Crippen LogP contribution < -0.4 is 0 Å². The van der Waals surface area contributed by atoms with Crippen molar-refractivity contribution in [2.24, 2.45) is 0 Å². The predicted molar refractivity (Wildman–Crippen MR) is 57.9 cm³/mol. The van der Waals surface area contributed by atoms with E-state index < -0.39 is 12.1 Å². The average Bonchev–Trinajstić information content (AvgIpc) is 2.65. The van der Waals surface area contributed by atoms with E-state index in [0.717, 1.165) is 16.7 Å². The van der Waals surface area contributed by atoms with Crippen LogP contribution in [0.2, 0.25) is 0 Å². The molecule has 16 heavy (non-hydrogen) atoms. The van der Waals surface area contributed by atoms with E-state index in [1.165, 1.54) is 7.11 Å². The highest BCUT2D eigenvalue weighted by Crippen LogP contribution is 2.23. The molecule has 0 bridgehead atoms. The summed E-state index contributed by atoms with van der Waals surface area (Å²) in [5.74, 6) is 0.124. The number of carbonyl (C=O) groups is 1. The first-order valence-electron chi connectivity index (χ1n) is 4.88. The molecule has 0 saturated heterocycles. The summed E-state index contributed by atoms with van der Waals surface area (Å²) in [6.45, 7) is 1.84. The van der Waals surface area contributed by atoms with Gasteiger partial charge in [-0.3, -0.25) is 0 Å². The lowest BCUT2D eigenvalue weighted by molar-refractivity contribution is -0.150. The molecule has 0 saturated carbocycles. The van der Waals surface area contributed by atoms with Gasteiger partial charge in [-0.25, -0.2) is 4.79 Å². The summed E-state index contributed by atoms with van der Waals surface area (Å²) in [5.41, 5.74) is 1.23. The minimum absolute atomic E-state index is 0.500. The highest BCUT2D eigenvalue weighted by molar-refractivity contribution is 5.82. The number of aliphatic hydroxyl groups excluding tert-OH is 1. The summed E-state index contributed by atoms with van der Waals surface area (Å²) in [7, 11) is 1.24. The summed E-state index contributed by atoms with van der Waals surface area (Å²) in [6, 6.07) is 6.94. The third kappa shape index (κ3) is 1.79. The van der Waals surface area contributed by atoms with Gasteiger partial charge in [-0.15, -0.1) is 0 Å². The third-order valence-corrected chi connectivity index (χ3v) is 2.40. The van der Waals surface area contributed by atoms with E-state index in [1.54, 1.807) is 18.2 Å². The molecule has 84 valence electrons. The molecule has 2 aromatic rings. The second kappa shape index (κ2) is 3.98. The lowest BCUT2D eigenvalue weighted by Crippen LogP contribution is -2.13. The summed E-state index contributed by atoms with van der Waals surface area (Å²) < 4.78 is 9.86. The van der Waals surface area contributed by atoms with Gasteiger partial charge in [-0.05, 0) is 30.7 Å². The van der Waals surface area contributed by atoms with Crippen LogP contribution in [-0.2, 0) is 9.53 Å². The number of aliphatic hydroxyl groups is 1. The molecule has 0 spiro atoms. The maximum absolute atomic E-state index is 11.2. The van der Waals surface area contributed by atoms with Gasteiger partial charge in [-0.1, -0.05) is 6.07 Å². The normalized spacial score (nSPS) is 12.7. The number of esters is 1. The van der Waals surface area contributed by atoms with Crippen molar-refractivity contribution in [1.82, 2.24) is 0 Å². The number of fused-ring (bicyclic) bond motifs is 1. The number of furan rings is 1. The summed E-state index contributed by atoms with van der Waals surface area (Å²) in [6.07, 6.45) is -1.25. The molecule has 0 fully saturated rings. The summed E-state index contributed by atoms with van der Waals surface area (Å²) in [4.78, 5) is 11.2. The third-order valence-electron chi connectivity index (χ3n) is 2.40. The molecule has 1 atom stereocenters. The maximum atomic E-state index is 11.2. The van der Waals surface area contributed by atoms with Gasteiger partial charge in [0, 0.05) is 5.39 Å². The monoisotopic (exact) mass is 220 g/mol. The Morgan fingerprint density at radius 2 is 2.19 bits per heavy atom. The second-order valence-corrected chi connectivity index (χ2v) is 3.58. The molecular weight excluding hydrogens is 208 g/mol. The highest BCUT2D eigenvalue weighted by atomic mass is 16.5. The Labute approximate surface area is 92.4 Å². The first kappa shape index (κ1) is 10.7. The van der Waals surface area contributed by atoms with Crippen LogP contribution in [0, 0.1) is 6.92 Å².